The highest BCUT2D eigenvalue weighted by Crippen LogP contribution is 2.25. The summed E-state index contributed by atoms with van der Waals surface area (Å²) < 4.78 is 28.0. The predicted molar refractivity (Wildman–Crippen MR) is 92.7 cm³/mol. The van der Waals surface area contributed by atoms with Gasteiger partial charge >= 0.3 is 0 Å². The Morgan fingerprint density at radius 3 is 2.00 bits per heavy atom. The maximum Gasteiger partial charge on any atom is 0.241 e. The highest BCUT2D eigenvalue weighted by molar-refractivity contribution is 7.89. The van der Waals surface area contributed by atoms with Crippen molar-refractivity contribution >= 4 is 10.0 Å². The quantitative estimate of drug-likeness (QED) is 0.931. The van der Waals surface area contributed by atoms with Crippen LogP contribution in [0.3, 0.4) is 0 Å². The van der Waals surface area contributed by atoms with Crippen LogP contribution in [0.4, 0.5) is 0 Å². The lowest BCUT2D eigenvalue weighted by molar-refractivity contribution is 0.460. The van der Waals surface area contributed by atoms with Gasteiger partial charge in [0.2, 0.25) is 10.0 Å². The fourth-order valence-corrected chi connectivity index (χ4v) is 3.70. The molecule has 0 aliphatic carbocycles. The zero-order valence-electron chi connectivity index (χ0n) is 14.3. The SMILES string of the molecule is CC(C)(C)c1ccc(S(=O)(=O)NC(C)(C)c2ccccn2)cc1. The summed E-state index contributed by atoms with van der Waals surface area (Å²) >= 11 is 0. The van der Waals surface area contributed by atoms with E-state index in [1.807, 2.05) is 24.3 Å². The third-order valence-electron chi connectivity index (χ3n) is 3.73. The molecule has 0 saturated heterocycles. The van der Waals surface area contributed by atoms with Gasteiger partial charge < -0.3 is 0 Å². The Morgan fingerprint density at radius 1 is 0.913 bits per heavy atom. The summed E-state index contributed by atoms with van der Waals surface area (Å²) in [6.45, 7) is 9.89. The van der Waals surface area contributed by atoms with Gasteiger partial charge in [-0.15, -0.1) is 0 Å². The molecule has 2 rings (SSSR count). The molecule has 124 valence electrons. The van der Waals surface area contributed by atoms with E-state index in [0.29, 0.717) is 5.69 Å². The molecule has 0 aliphatic heterocycles. The summed E-state index contributed by atoms with van der Waals surface area (Å²) in [5.41, 5.74) is 0.974. The molecule has 0 atom stereocenters. The molecule has 2 aromatic rings. The highest BCUT2D eigenvalue weighted by atomic mass is 32.2. The van der Waals surface area contributed by atoms with Gasteiger partial charge in [0.1, 0.15) is 0 Å². The van der Waals surface area contributed by atoms with E-state index in [9.17, 15) is 8.42 Å². The first-order valence-corrected chi connectivity index (χ1v) is 9.07. The Kier molecular flexibility index (Phi) is 4.64. The van der Waals surface area contributed by atoms with Crippen molar-refractivity contribution in [2.45, 2.75) is 50.5 Å². The number of aromatic nitrogens is 1. The van der Waals surface area contributed by atoms with Crippen LogP contribution in [0.25, 0.3) is 0 Å². The molecule has 1 N–H and O–H groups in total. The number of benzene rings is 1. The van der Waals surface area contributed by atoms with Gasteiger partial charge in [0.25, 0.3) is 0 Å². The van der Waals surface area contributed by atoms with Crippen molar-refractivity contribution in [2.24, 2.45) is 0 Å². The Balaban J connectivity index is 2.29. The highest BCUT2D eigenvalue weighted by Gasteiger charge is 2.29. The van der Waals surface area contributed by atoms with Crippen molar-refractivity contribution in [2.75, 3.05) is 0 Å². The summed E-state index contributed by atoms with van der Waals surface area (Å²) in [6, 6.07) is 12.5. The third-order valence-corrected chi connectivity index (χ3v) is 5.40. The molecule has 1 aromatic heterocycles. The summed E-state index contributed by atoms with van der Waals surface area (Å²) in [5, 5.41) is 0. The number of nitrogens with one attached hydrogen (secondary N) is 1. The molecule has 1 heterocycles. The molecular weight excluding hydrogens is 308 g/mol. The standard InChI is InChI=1S/C18H24N2O2S/c1-17(2,3)14-9-11-15(12-10-14)23(21,22)20-18(4,5)16-8-6-7-13-19-16/h6-13,20H,1-5H3. The van der Waals surface area contributed by atoms with Crippen LogP contribution < -0.4 is 4.72 Å². The fourth-order valence-electron chi connectivity index (χ4n) is 2.31. The second kappa shape index (κ2) is 6.06. The molecule has 0 aliphatic rings. The number of rotatable bonds is 4. The van der Waals surface area contributed by atoms with Gasteiger partial charge in [0.05, 0.1) is 16.1 Å². The predicted octanol–water partition coefficient (Wildman–Crippen LogP) is 3.59. The lowest BCUT2D eigenvalue weighted by atomic mass is 9.87. The van der Waals surface area contributed by atoms with Crippen LogP contribution in [0.2, 0.25) is 0 Å². The van der Waals surface area contributed by atoms with Crippen LogP contribution in [-0.2, 0) is 21.0 Å². The van der Waals surface area contributed by atoms with E-state index in [1.54, 1.807) is 38.2 Å². The maximum absolute atomic E-state index is 12.6. The topological polar surface area (TPSA) is 59.1 Å². The second-order valence-electron chi connectivity index (χ2n) is 7.22. The number of hydrogen-bond donors (Lipinski definition) is 1. The Morgan fingerprint density at radius 2 is 1.52 bits per heavy atom. The minimum absolute atomic E-state index is 0.0110. The molecule has 0 bridgehead atoms. The third kappa shape index (κ3) is 4.18. The summed E-state index contributed by atoms with van der Waals surface area (Å²) in [5.74, 6) is 0. The smallest absolute Gasteiger partial charge is 0.241 e. The van der Waals surface area contributed by atoms with E-state index in [4.69, 9.17) is 0 Å². The molecule has 0 radical (unpaired) electrons. The zero-order chi connectivity index (χ0) is 17.3. The van der Waals surface area contributed by atoms with E-state index in [0.717, 1.165) is 5.56 Å². The Labute approximate surface area is 139 Å². The van der Waals surface area contributed by atoms with E-state index in [-0.39, 0.29) is 10.3 Å². The Hall–Kier alpha value is -1.72. The van der Waals surface area contributed by atoms with Crippen LogP contribution >= 0.6 is 0 Å². The van der Waals surface area contributed by atoms with Crippen molar-refractivity contribution in [1.29, 1.82) is 0 Å². The second-order valence-corrected chi connectivity index (χ2v) is 8.90. The lowest BCUT2D eigenvalue weighted by Gasteiger charge is -2.25. The molecule has 0 amide bonds. The average Bonchev–Trinajstić information content (AvgIpc) is 2.46. The minimum Gasteiger partial charge on any atom is -0.259 e. The van der Waals surface area contributed by atoms with Crippen molar-refractivity contribution in [3.63, 3.8) is 0 Å². The molecule has 5 heteroatoms. The molecule has 1 aromatic carbocycles. The van der Waals surface area contributed by atoms with Gasteiger partial charge in [-0.1, -0.05) is 39.0 Å². The van der Waals surface area contributed by atoms with E-state index < -0.39 is 15.6 Å². The van der Waals surface area contributed by atoms with Crippen molar-refractivity contribution in [3.8, 4) is 0 Å². The summed E-state index contributed by atoms with van der Waals surface area (Å²) in [6.07, 6.45) is 1.66. The first-order valence-electron chi connectivity index (χ1n) is 7.58. The minimum atomic E-state index is -3.62. The van der Waals surface area contributed by atoms with Crippen LogP contribution in [0, 0.1) is 0 Å². The number of nitrogens with zero attached hydrogens (tertiary/aromatic N) is 1. The molecule has 23 heavy (non-hydrogen) atoms. The molecule has 0 spiro atoms. The first-order chi connectivity index (χ1) is 10.5. The van der Waals surface area contributed by atoms with Gasteiger partial charge in [-0.25, -0.2) is 8.42 Å². The monoisotopic (exact) mass is 332 g/mol. The van der Waals surface area contributed by atoms with Gasteiger partial charge in [-0.3, -0.25) is 4.98 Å². The van der Waals surface area contributed by atoms with E-state index in [2.05, 4.69) is 30.5 Å². The van der Waals surface area contributed by atoms with Crippen LogP contribution in [-0.4, -0.2) is 13.4 Å². The number of sulfonamides is 1. The summed E-state index contributed by atoms with van der Waals surface area (Å²) in [7, 11) is -3.62. The normalized spacial score (nSPS) is 13.1. The van der Waals surface area contributed by atoms with E-state index in [1.165, 1.54) is 0 Å². The molecule has 0 fully saturated rings. The van der Waals surface area contributed by atoms with Crippen LogP contribution in [0.5, 0.6) is 0 Å². The first kappa shape index (κ1) is 17.6. The largest absolute Gasteiger partial charge is 0.259 e. The molecule has 0 unspecified atom stereocenters. The van der Waals surface area contributed by atoms with Gasteiger partial charge in [0, 0.05) is 6.20 Å². The van der Waals surface area contributed by atoms with Gasteiger partial charge in [-0.05, 0) is 49.1 Å². The van der Waals surface area contributed by atoms with E-state index >= 15 is 0 Å². The molecule has 4 nitrogen and oxygen atoms in total. The van der Waals surface area contributed by atoms with Crippen molar-refractivity contribution in [1.82, 2.24) is 9.71 Å². The van der Waals surface area contributed by atoms with Crippen molar-refractivity contribution in [3.05, 3.63) is 59.9 Å². The number of hydrogen-bond acceptors (Lipinski definition) is 3. The lowest BCUT2D eigenvalue weighted by Crippen LogP contribution is -2.41. The molecular formula is C18H24N2O2S. The number of pyridine rings is 1. The maximum atomic E-state index is 12.6. The molecule has 0 saturated carbocycles. The van der Waals surface area contributed by atoms with Gasteiger partial charge in [-0.2, -0.15) is 4.72 Å². The van der Waals surface area contributed by atoms with Crippen molar-refractivity contribution < 1.29 is 8.42 Å². The Bertz CT molecular complexity index is 759. The zero-order valence-corrected chi connectivity index (χ0v) is 15.1. The van der Waals surface area contributed by atoms with Crippen LogP contribution in [0.1, 0.15) is 45.9 Å². The van der Waals surface area contributed by atoms with Gasteiger partial charge in [0.15, 0.2) is 0 Å². The van der Waals surface area contributed by atoms with Crippen LogP contribution in [0.15, 0.2) is 53.6 Å². The average molecular weight is 332 g/mol. The summed E-state index contributed by atoms with van der Waals surface area (Å²) in [4.78, 5) is 4.51. The fraction of sp³-hybridized carbons (Fsp3) is 0.389.